The van der Waals surface area contributed by atoms with Gasteiger partial charge in [0.1, 0.15) is 4.90 Å². The molecule has 0 fully saturated rings. The van der Waals surface area contributed by atoms with E-state index in [-0.39, 0.29) is 22.7 Å². The molecule has 0 amide bonds. The van der Waals surface area contributed by atoms with Crippen LogP contribution in [0.4, 0.5) is 11.4 Å². The average Bonchev–Trinajstić information content (AvgIpc) is 2.77. The molecule has 1 aliphatic heterocycles. The lowest BCUT2D eigenvalue weighted by Crippen LogP contribution is -2.37. The molecule has 0 saturated carbocycles. The second kappa shape index (κ2) is 9.50. The summed E-state index contributed by atoms with van der Waals surface area (Å²) in [5, 5.41) is 11.5. The summed E-state index contributed by atoms with van der Waals surface area (Å²) >= 11 is 0. The summed E-state index contributed by atoms with van der Waals surface area (Å²) in [6.45, 7) is 5.75. The van der Waals surface area contributed by atoms with E-state index in [1.807, 2.05) is 43.0 Å². The summed E-state index contributed by atoms with van der Waals surface area (Å²) < 4.78 is 29.0. The van der Waals surface area contributed by atoms with Crippen LogP contribution in [-0.2, 0) is 23.0 Å². The molecular formula is C23H27N3O4S. The molecule has 31 heavy (non-hydrogen) atoms. The molecule has 8 heteroatoms. The van der Waals surface area contributed by atoms with Gasteiger partial charge >= 0.3 is 0 Å². The fourth-order valence-electron chi connectivity index (χ4n) is 4.02. The summed E-state index contributed by atoms with van der Waals surface area (Å²) in [7, 11) is -4.01. The Kier molecular flexibility index (Phi) is 6.98. The largest absolute Gasteiger partial charge is 0.369 e. The van der Waals surface area contributed by atoms with Gasteiger partial charge in [-0.05, 0) is 30.4 Å². The minimum absolute atomic E-state index is 0.0871. The first-order chi connectivity index (χ1) is 14.8. The van der Waals surface area contributed by atoms with Crippen LogP contribution in [0, 0.1) is 22.5 Å². The highest BCUT2D eigenvalue weighted by molar-refractivity contribution is 7.89. The predicted octanol–water partition coefficient (Wildman–Crippen LogP) is 3.95. The van der Waals surface area contributed by atoms with Crippen LogP contribution in [0.3, 0.4) is 0 Å². The Morgan fingerprint density at radius 3 is 2.39 bits per heavy atom. The van der Waals surface area contributed by atoms with Gasteiger partial charge in [-0.1, -0.05) is 44.0 Å². The fourth-order valence-corrected chi connectivity index (χ4v) is 5.69. The molecule has 0 radical (unpaired) electrons. The van der Waals surface area contributed by atoms with Crippen molar-refractivity contribution in [3.8, 4) is 12.3 Å². The molecule has 0 saturated heterocycles. The lowest BCUT2D eigenvalue weighted by Gasteiger charge is -2.32. The lowest BCUT2D eigenvalue weighted by molar-refractivity contribution is -0.385. The molecule has 164 valence electrons. The first-order valence-corrected chi connectivity index (χ1v) is 11.9. The Labute approximate surface area is 183 Å². The predicted molar refractivity (Wildman–Crippen MR) is 122 cm³/mol. The van der Waals surface area contributed by atoms with E-state index in [1.54, 1.807) is 0 Å². The number of nitrogens with zero attached hydrogens (tertiary/aromatic N) is 3. The summed E-state index contributed by atoms with van der Waals surface area (Å²) in [6.07, 6.45) is 7.87. The van der Waals surface area contributed by atoms with Crippen molar-refractivity contribution in [3.63, 3.8) is 0 Å². The van der Waals surface area contributed by atoms with Crippen molar-refractivity contribution in [1.29, 1.82) is 0 Å². The summed E-state index contributed by atoms with van der Waals surface area (Å²) in [4.78, 5) is 12.8. The van der Waals surface area contributed by atoms with Crippen LogP contribution in [-0.4, -0.2) is 37.3 Å². The van der Waals surface area contributed by atoms with E-state index in [0.717, 1.165) is 30.0 Å². The van der Waals surface area contributed by atoms with Crippen molar-refractivity contribution in [2.45, 2.75) is 44.6 Å². The molecule has 0 bridgehead atoms. The number of rotatable bonds is 8. The van der Waals surface area contributed by atoms with Crippen LogP contribution in [0.2, 0.25) is 0 Å². The number of sulfonamides is 1. The second-order valence-electron chi connectivity index (χ2n) is 7.59. The van der Waals surface area contributed by atoms with Crippen LogP contribution in [0.15, 0.2) is 41.3 Å². The van der Waals surface area contributed by atoms with Crippen LogP contribution in [0.25, 0.3) is 0 Å². The van der Waals surface area contributed by atoms with E-state index in [9.17, 15) is 18.5 Å². The van der Waals surface area contributed by atoms with Crippen molar-refractivity contribution in [1.82, 2.24) is 4.31 Å². The van der Waals surface area contributed by atoms with Gasteiger partial charge in [0.15, 0.2) is 0 Å². The van der Waals surface area contributed by atoms with Crippen molar-refractivity contribution in [2.75, 3.05) is 24.5 Å². The van der Waals surface area contributed by atoms with E-state index in [4.69, 9.17) is 6.42 Å². The summed E-state index contributed by atoms with van der Waals surface area (Å²) in [5.41, 5.74) is 2.36. The highest BCUT2D eigenvalue weighted by atomic mass is 32.2. The quantitative estimate of drug-likeness (QED) is 0.352. The van der Waals surface area contributed by atoms with Crippen LogP contribution in [0.1, 0.15) is 43.4 Å². The number of hydrogen-bond donors (Lipinski definition) is 0. The Balaban J connectivity index is 2.18. The molecule has 0 spiro atoms. The molecular weight excluding hydrogens is 414 g/mol. The Hall–Kier alpha value is -2.89. The molecule has 7 nitrogen and oxygen atoms in total. The topological polar surface area (TPSA) is 83.8 Å². The van der Waals surface area contributed by atoms with Gasteiger partial charge in [0.2, 0.25) is 10.0 Å². The van der Waals surface area contributed by atoms with Crippen LogP contribution in [0.5, 0.6) is 0 Å². The van der Waals surface area contributed by atoms with Gasteiger partial charge in [0, 0.05) is 38.3 Å². The summed E-state index contributed by atoms with van der Waals surface area (Å²) in [5.74, 6) is 2.49. The van der Waals surface area contributed by atoms with Crippen molar-refractivity contribution in [2.24, 2.45) is 0 Å². The lowest BCUT2D eigenvalue weighted by atomic mass is 10.0. The maximum Gasteiger partial charge on any atom is 0.272 e. The van der Waals surface area contributed by atoms with Crippen LogP contribution < -0.4 is 4.90 Å². The monoisotopic (exact) mass is 441 g/mol. The van der Waals surface area contributed by atoms with Gasteiger partial charge < -0.3 is 4.90 Å². The minimum Gasteiger partial charge on any atom is -0.369 e. The molecule has 0 atom stereocenters. The SMILES string of the molecule is C#Cc1cc([N+](=O)[O-])cc(S(=O)(=O)N2CCc3ccccc3C2)c1N(CCC)CCC. The maximum absolute atomic E-state index is 13.8. The molecule has 2 aromatic rings. The molecule has 0 aromatic heterocycles. The molecule has 2 aromatic carbocycles. The number of non-ortho nitro benzene ring substituents is 1. The zero-order valence-electron chi connectivity index (χ0n) is 17.9. The minimum atomic E-state index is -4.01. The third kappa shape index (κ3) is 4.58. The van der Waals surface area contributed by atoms with Gasteiger partial charge in [0.05, 0.1) is 16.2 Å². The second-order valence-corrected chi connectivity index (χ2v) is 9.49. The van der Waals surface area contributed by atoms with Gasteiger partial charge in [-0.15, -0.1) is 6.42 Å². The van der Waals surface area contributed by atoms with E-state index < -0.39 is 14.9 Å². The van der Waals surface area contributed by atoms with Crippen molar-refractivity contribution < 1.29 is 13.3 Å². The maximum atomic E-state index is 13.8. The number of anilines is 1. The smallest absolute Gasteiger partial charge is 0.272 e. The highest BCUT2D eigenvalue weighted by Crippen LogP contribution is 2.37. The molecule has 0 aliphatic carbocycles. The third-order valence-corrected chi connectivity index (χ3v) is 7.30. The van der Waals surface area contributed by atoms with E-state index in [0.29, 0.717) is 31.7 Å². The number of hydrogen-bond acceptors (Lipinski definition) is 5. The van der Waals surface area contributed by atoms with Gasteiger partial charge in [-0.2, -0.15) is 4.31 Å². The fraction of sp³-hybridized carbons (Fsp3) is 0.391. The van der Waals surface area contributed by atoms with Crippen LogP contribution >= 0.6 is 0 Å². The normalized spacial score (nSPS) is 14.0. The number of nitro benzene ring substituents is 1. The number of fused-ring (bicyclic) bond motifs is 1. The number of nitro groups is 1. The molecule has 1 heterocycles. The van der Waals surface area contributed by atoms with Gasteiger partial charge in [-0.25, -0.2) is 8.42 Å². The standard InChI is InChI=1S/C23H27N3O4S/c1-4-12-24(13-5-2)23-18(6-3)15-21(26(27)28)16-22(23)31(29,30)25-14-11-19-9-7-8-10-20(19)17-25/h3,7-10,15-16H,4-5,11-14,17H2,1-2H3. The summed E-state index contributed by atoms with van der Waals surface area (Å²) in [6, 6.07) is 10.2. The van der Waals surface area contributed by atoms with E-state index in [1.165, 1.54) is 10.4 Å². The van der Waals surface area contributed by atoms with Crippen molar-refractivity contribution in [3.05, 3.63) is 63.2 Å². The van der Waals surface area contributed by atoms with Gasteiger partial charge in [0.25, 0.3) is 5.69 Å². The molecule has 0 unspecified atom stereocenters. The molecule has 0 N–H and O–H groups in total. The average molecular weight is 442 g/mol. The first kappa shape index (κ1) is 22.8. The third-order valence-electron chi connectivity index (χ3n) is 5.44. The zero-order chi connectivity index (χ0) is 22.6. The molecule has 3 rings (SSSR count). The first-order valence-electron chi connectivity index (χ1n) is 10.4. The number of benzene rings is 2. The van der Waals surface area contributed by atoms with Gasteiger partial charge in [-0.3, -0.25) is 10.1 Å². The zero-order valence-corrected chi connectivity index (χ0v) is 18.7. The molecule has 1 aliphatic rings. The Morgan fingerprint density at radius 2 is 1.81 bits per heavy atom. The highest BCUT2D eigenvalue weighted by Gasteiger charge is 2.34. The van der Waals surface area contributed by atoms with E-state index >= 15 is 0 Å². The Morgan fingerprint density at radius 1 is 1.16 bits per heavy atom. The number of terminal acetylenes is 1. The Bertz CT molecular complexity index is 1120. The van der Waals surface area contributed by atoms with E-state index in [2.05, 4.69) is 5.92 Å². The van der Waals surface area contributed by atoms with Crippen molar-refractivity contribution >= 4 is 21.4 Å².